The lowest BCUT2D eigenvalue weighted by atomic mass is 9.99. The highest BCUT2D eigenvalue weighted by atomic mass is 28.4. The summed E-state index contributed by atoms with van der Waals surface area (Å²) in [5.41, 5.74) is 0.730. The van der Waals surface area contributed by atoms with Crippen molar-refractivity contribution in [1.82, 2.24) is 0 Å². The molecule has 0 amide bonds. The minimum absolute atomic E-state index is 0.409. The van der Waals surface area contributed by atoms with E-state index in [1.54, 1.807) is 0 Å². The maximum atomic E-state index is 6.34. The van der Waals surface area contributed by atoms with Crippen LogP contribution in [0.3, 0.4) is 0 Å². The van der Waals surface area contributed by atoms with E-state index in [1.807, 2.05) is 32.0 Å². The molecule has 0 fully saturated rings. The monoisotopic (exact) mass is 282 g/mol. The Morgan fingerprint density at radius 2 is 1.47 bits per heavy atom. The third-order valence-corrected chi connectivity index (χ3v) is 6.19. The third-order valence-electron chi connectivity index (χ3n) is 3.04. The molecule has 0 unspecified atom stereocenters. The van der Waals surface area contributed by atoms with Gasteiger partial charge in [0.1, 0.15) is 0 Å². The van der Waals surface area contributed by atoms with Gasteiger partial charge >= 0.3 is 8.80 Å². The number of hydrogen-bond acceptors (Lipinski definition) is 3. The van der Waals surface area contributed by atoms with E-state index in [1.165, 1.54) is 0 Å². The van der Waals surface area contributed by atoms with E-state index < -0.39 is 14.4 Å². The Kier molecular flexibility index (Phi) is 6.20. The van der Waals surface area contributed by atoms with Crippen LogP contribution < -0.4 is 0 Å². The minimum atomic E-state index is -2.59. The molecule has 0 radical (unpaired) electrons. The van der Waals surface area contributed by atoms with Crippen molar-refractivity contribution in [3.63, 3.8) is 0 Å². The maximum absolute atomic E-state index is 6.34. The predicted octanol–water partition coefficient (Wildman–Crippen LogP) is 3.97. The summed E-state index contributed by atoms with van der Waals surface area (Å²) in [5.74, 6) is 0. The number of benzene rings is 1. The average Bonchev–Trinajstić information content (AvgIpc) is 2.40. The van der Waals surface area contributed by atoms with Crippen LogP contribution in [0.15, 0.2) is 30.3 Å². The van der Waals surface area contributed by atoms with Crippen LogP contribution >= 0.6 is 0 Å². The van der Waals surface area contributed by atoms with Gasteiger partial charge in [-0.15, -0.1) is 0 Å². The normalized spacial score (nSPS) is 12.7. The van der Waals surface area contributed by atoms with E-state index in [4.69, 9.17) is 13.3 Å². The fourth-order valence-corrected chi connectivity index (χ4v) is 4.63. The Morgan fingerprint density at radius 1 is 0.947 bits per heavy atom. The molecule has 0 bridgehead atoms. The Labute approximate surface area is 118 Å². The van der Waals surface area contributed by atoms with Crippen LogP contribution in [-0.2, 0) is 18.9 Å². The highest BCUT2D eigenvalue weighted by Gasteiger charge is 2.44. The van der Waals surface area contributed by atoms with Crippen molar-refractivity contribution in [2.24, 2.45) is 0 Å². The molecule has 3 nitrogen and oxygen atoms in total. The lowest BCUT2D eigenvalue weighted by Crippen LogP contribution is -2.50. The van der Waals surface area contributed by atoms with Crippen LogP contribution in [0, 0.1) is 0 Å². The molecule has 0 saturated carbocycles. The minimum Gasteiger partial charge on any atom is -0.374 e. The first-order valence-corrected chi connectivity index (χ1v) is 8.96. The van der Waals surface area contributed by atoms with Gasteiger partial charge in [-0.3, -0.25) is 0 Å². The molecular formula is C15H26O3Si. The molecule has 0 aliphatic heterocycles. The molecule has 1 rings (SSSR count). The molecule has 4 heteroatoms. The first-order valence-electron chi connectivity index (χ1n) is 7.03. The van der Waals surface area contributed by atoms with Crippen molar-refractivity contribution in [2.45, 2.75) is 46.3 Å². The fourth-order valence-electron chi connectivity index (χ4n) is 2.10. The quantitative estimate of drug-likeness (QED) is 0.675. The second kappa shape index (κ2) is 7.19. The molecule has 0 saturated heterocycles. The summed E-state index contributed by atoms with van der Waals surface area (Å²) in [5, 5.41) is 0. The highest BCUT2D eigenvalue weighted by Crippen LogP contribution is 2.31. The first-order chi connectivity index (χ1) is 8.99. The molecule has 0 N–H and O–H groups in total. The summed E-state index contributed by atoms with van der Waals surface area (Å²) >= 11 is 0. The zero-order valence-electron chi connectivity index (χ0n) is 12.7. The molecular weight excluding hydrogens is 256 g/mol. The van der Waals surface area contributed by atoms with E-state index in [0.29, 0.717) is 13.2 Å². The van der Waals surface area contributed by atoms with Crippen LogP contribution in [-0.4, -0.2) is 22.0 Å². The van der Waals surface area contributed by atoms with E-state index >= 15 is 0 Å². The lowest BCUT2D eigenvalue weighted by Gasteiger charge is -2.37. The van der Waals surface area contributed by atoms with Gasteiger partial charge in [0, 0.05) is 19.3 Å². The Balaban J connectivity index is 2.94. The molecule has 0 spiro atoms. The Hall–Kier alpha value is -0.683. The zero-order chi connectivity index (χ0) is 14.4. The van der Waals surface area contributed by atoms with Crippen LogP contribution in [0.1, 0.15) is 40.2 Å². The standard InChI is InChI=1S/C15H26O3Si/c1-6-16-19(8-3,17-7-2)18-15(4,5)14-12-10-9-11-13-14/h9-13H,6-8H2,1-5H3. The molecule has 0 heterocycles. The van der Waals surface area contributed by atoms with E-state index in [0.717, 1.165) is 11.6 Å². The van der Waals surface area contributed by atoms with Gasteiger partial charge in [-0.1, -0.05) is 37.3 Å². The van der Waals surface area contributed by atoms with Gasteiger partial charge in [-0.2, -0.15) is 0 Å². The van der Waals surface area contributed by atoms with Gasteiger partial charge in [-0.25, -0.2) is 0 Å². The summed E-state index contributed by atoms with van der Waals surface area (Å²) in [4.78, 5) is 0. The SMILES string of the molecule is CCO[Si](CC)(OCC)OC(C)(C)c1ccccc1. The molecule has 108 valence electrons. The summed E-state index contributed by atoms with van der Waals surface area (Å²) in [7, 11) is -2.59. The highest BCUT2D eigenvalue weighted by molar-refractivity contribution is 6.60. The van der Waals surface area contributed by atoms with Crippen molar-refractivity contribution in [2.75, 3.05) is 13.2 Å². The third kappa shape index (κ3) is 4.42. The van der Waals surface area contributed by atoms with Gasteiger partial charge in [0.15, 0.2) is 0 Å². The Bertz CT molecular complexity index is 359. The Morgan fingerprint density at radius 3 is 1.89 bits per heavy atom. The van der Waals surface area contributed by atoms with Gasteiger partial charge in [-0.05, 0) is 33.3 Å². The van der Waals surface area contributed by atoms with Crippen molar-refractivity contribution in [3.05, 3.63) is 35.9 Å². The molecule has 1 aromatic carbocycles. The largest absolute Gasteiger partial charge is 0.501 e. The van der Waals surface area contributed by atoms with E-state index in [-0.39, 0.29) is 0 Å². The number of hydrogen-bond donors (Lipinski definition) is 0. The van der Waals surface area contributed by atoms with Crippen molar-refractivity contribution in [1.29, 1.82) is 0 Å². The molecule has 0 aliphatic rings. The van der Waals surface area contributed by atoms with Crippen LogP contribution in [0.25, 0.3) is 0 Å². The molecule has 0 aromatic heterocycles. The summed E-state index contributed by atoms with van der Waals surface area (Å²) < 4.78 is 18.1. The molecule has 19 heavy (non-hydrogen) atoms. The van der Waals surface area contributed by atoms with Crippen molar-refractivity contribution in [3.8, 4) is 0 Å². The summed E-state index contributed by atoms with van der Waals surface area (Å²) in [6.07, 6.45) is 0. The molecule has 0 atom stereocenters. The first kappa shape index (κ1) is 16.4. The van der Waals surface area contributed by atoms with Crippen LogP contribution in [0.4, 0.5) is 0 Å². The van der Waals surface area contributed by atoms with Gasteiger partial charge in [0.25, 0.3) is 0 Å². The van der Waals surface area contributed by atoms with Gasteiger partial charge < -0.3 is 13.3 Å². The van der Waals surface area contributed by atoms with Crippen molar-refractivity contribution >= 4 is 8.80 Å². The van der Waals surface area contributed by atoms with Crippen LogP contribution in [0.2, 0.25) is 6.04 Å². The van der Waals surface area contributed by atoms with Gasteiger partial charge in [0.2, 0.25) is 0 Å². The number of rotatable bonds is 8. The smallest absolute Gasteiger partial charge is 0.374 e. The topological polar surface area (TPSA) is 27.7 Å². The second-order valence-electron chi connectivity index (χ2n) is 4.88. The molecule has 0 aliphatic carbocycles. The average molecular weight is 282 g/mol. The van der Waals surface area contributed by atoms with Crippen LogP contribution in [0.5, 0.6) is 0 Å². The van der Waals surface area contributed by atoms with E-state index in [2.05, 4.69) is 32.9 Å². The lowest BCUT2D eigenvalue weighted by molar-refractivity contribution is -0.0122. The summed E-state index contributed by atoms with van der Waals surface area (Å²) in [6.45, 7) is 11.4. The second-order valence-corrected chi connectivity index (χ2v) is 7.74. The molecule has 1 aromatic rings. The predicted molar refractivity (Wildman–Crippen MR) is 80.0 cm³/mol. The summed E-state index contributed by atoms with van der Waals surface area (Å²) in [6, 6.07) is 11.0. The van der Waals surface area contributed by atoms with Gasteiger partial charge in [0.05, 0.1) is 5.60 Å². The zero-order valence-corrected chi connectivity index (χ0v) is 13.7. The fraction of sp³-hybridized carbons (Fsp3) is 0.600. The van der Waals surface area contributed by atoms with E-state index in [9.17, 15) is 0 Å². The maximum Gasteiger partial charge on any atom is 0.501 e. The van der Waals surface area contributed by atoms with Crippen molar-refractivity contribution < 1.29 is 13.3 Å².